The predicted molar refractivity (Wildman–Crippen MR) is 38.0 cm³/mol. The predicted octanol–water partition coefficient (Wildman–Crippen LogP) is -4.81. The van der Waals surface area contributed by atoms with E-state index in [1.165, 1.54) is 0 Å². The summed E-state index contributed by atoms with van der Waals surface area (Å²) in [5.74, 6) is 0. The van der Waals surface area contributed by atoms with Crippen molar-refractivity contribution in [1.29, 1.82) is 0 Å². The maximum atomic E-state index is 8.25. The van der Waals surface area contributed by atoms with Crippen molar-refractivity contribution in [2.75, 3.05) is 0 Å². The van der Waals surface area contributed by atoms with Crippen molar-refractivity contribution < 1.29 is 55.0 Å². The fraction of sp³-hybridized carbons (Fsp3) is 0. The molecule has 0 saturated heterocycles. The molecule has 0 unspecified atom stereocenters. The molecule has 0 bridgehead atoms. The van der Waals surface area contributed by atoms with Gasteiger partial charge in [-0.15, -0.1) is 0 Å². The molecule has 0 rings (SSSR count). The summed E-state index contributed by atoms with van der Waals surface area (Å²) in [5, 5.41) is 14.8. The van der Waals surface area contributed by atoms with E-state index in [0.717, 1.165) is 0 Å². The third-order valence-corrected chi connectivity index (χ3v) is 0. The molecule has 11 nitrogen and oxygen atoms in total. The summed E-state index contributed by atoms with van der Waals surface area (Å²) in [6.45, 7) is 0. The van der Waals surface area contributed by atoms with E-state index in [1.54, 1.807) is 0 Å². The van der Waals surface area contributed by atoms with Crippen molar-refractivity contribution >= 4 is 0 Å². The van der Waals surface area contributed by atoms with Gasteiger partial charge in [0.05, 0.1) is 5.09 Å². The zero-order chi connectivity index (χ0) is 3.58. The molecule has 12 heavy (non-hydrogen) atoms. The number of hydrogen-bond donors (Lipinski definition) is 1. The van der Waals surface area contributed by atoms with Gasteiger partial charge in [0, 0.05) is 17.1 Å². The van der Waals surface area contributed by atoms with Gasteiger partial charge in [-0.2, -0.15) is 0 Å². The molecule has 0 heterocycles. The van der Waals surface area contributed by atoms with Crippen molar-refractivity contribution in [3.8, 4) is 0 Å². The molecule has 0 amide bonds. The van der Waals surface area contributed by atoms with Crippen molar-refractivity contribution in [2.45, 2.75) is 0 Å². The van der Waals surface area contributed by atoms with Crippen molar-refractivity contribution in [2.24, 2.45) is 0 Å². The van der Waals surface area contributed by atoms with E-state index in [2.05, 4.69) is 0 Å². The molecule has 0 atom stereocenters. The molecule has 0 aliphatic rings. The molecule has 0 aliphatic carbocycles. The number of quaternary nitrogens is 1. The van der Waals surface area contributed by atoms with Crippen LogP contribution in [0.15, 0.2) is 0 Å². The third kappa shape index (κ3) is 2140. The Bertz CT molecular complexity index is 35.5. The molecule has 0 saturated carbocycles. The molecule has 0 aliphatic heterocycles. The van der Waals surface area contributed by atoms with Gasteiger partial charge in [0.25, 0.3) is 0 Å². The van der Waals surface area contributed by atoms with E-state index in [4.69, 9.17) is 15.3 Å². The van der Waals surface area contributed by atoms with Gasteiger partial charge in [0.2, 0.25) is 0 Å². The van der Waals surface area contributed by atoms with Crippen LogP contribution in [0.2, 0.25) is 0 Å². The Balaban J connectivity index is -0.00000000161. The standard InChI is InChI=1S/Fe.NO3.H3N.6H2O/c;2-1(3)4;;;;;;;/h;;1H3;6*1H2/q;-1;;;;;;;/p+1. The van der Waals surface area contributed by atoms with Crippen molar-refractivity contribution in [3.05, 3.63) is 15.3 Å². The Morgan fingerprint density at radius 3 is 0.750 bits per heavy atom. The summed E-state index contributed by atoms with van der Waals surface area (Å²) in [4.78, 5) is 8.25. The quantitative estimate of drug-likeness (QED) is 0.249. The summed E-state index contributed by atoms with van der Waals surface area (Å²) >= 11 is 0. The molecular formula is H16FeN2O9. The average Bonchev–Trinajstić information content (AvgIpc) is 0.811. The van der Waals surface area contributed by atoms with Gasteiger partial charge in [-0.1, -0.05) is 0 Å². The van der Waals surface area contributed by atoms with Gasteiger partial charge in [-0.25, -0.2) is 0 Å². The molecule has 0 fully saturated rings. The van der Waals surface area contributed by atoms with Crippen LogP contribution in [0.4, 0.5) is 0 Å². The summed E-state index contributed by atoms with van der Waals surface area (Å²) in [6.07, 6.45) is 0. The van der Waals surface area contributed by atoms with Gasteiger partial charge in [0.15, 0.2) is 0 Å². The molecule has 0 aromatic carbocycles. The molecule has 0 spiro atoms. The second-order valence-corrected chi connectivity index (χ2v) is 0.224. The molecule has 0 aromatic heterocycles. The summed E-state index contributed by atoms with van der Waals surface area (Å²) < 4.78 is 0. The van der Waals surface area contributed by atoms with E-state index >= 15 is 0 Å². The second-order valence-electron chi connectivity index (χ2n) is 0.224. The van der Waals surface area contributed by atoms with Crippen molar-refractivity contribution in [1.82, 2.24) is 6.15 Å². The average molecular weight is 244 g/mol. The Kier molecular flexibility index (Phi) is 2730. The van der Waals surface area contributed by atoms with Crippen LogP contribution in [0, 0.1) is 15.3 Å². The van der Waals surface area contributed by atoms with Crippen LogP contribution < -0.4 is 6.15 Å². The van der Waals surface area contributed by atoms with E-state index in [-0.39, 0.29) is 56.1 Å². The smallest absolute Gasteiger partial charge is 0.0689 e. The van der Waals surface area contributed by atoms with E-state index in [0.29, 0.717) is 0 Å². The van der Waals surface area contributed by atoms with Crippen LogP contribution in [-0.4, -0.2) is 37.9 Å². The van der Waals surface area contributed by atoms with Crippen LogP contribution in [-0.2, 0) is 17.1 Å². The molecule has 88 valence electrons. The first kappa shape index (κ1) is 209. The van der Waals surface area contributed by atoms with E-state index < -0.39 is 5.09 Å². The maximum absolute atomic E-state index is 8.25. The Hall–Kier alpha value is -0.561. The van der Waals surface area contributed by atoms with Crippen molar-refractivity contribution in [3.63, 3.8) is 0 Å². The zero-order valence-electron chi connectivity index (χ0n) is 6.03. The zero-order valence-corrected chi connectivity index (χ0v) is 7.13. The first-order valence-electron chi connectivity index (χ1n) is 0.548. The van der Waals surface area contributed by atoms with Crippen LogP contribution >= 0.6 is 0 Å². The topological polar surface area (TPSA) is 292 Å². The minimum absolute atomic E-state index is 0. The molecule has 12 heteroatoms. The normalized spacial score (nSPS) is 2.00. The molecule has 0 aromatic rings. The summed E-state index contributed by atoms with van der Waals surface area (Å²) in [5.41, 5.74) is 0. The van der Waals surface area contributed by atoms with E-state index in [9.17, 15) is 0 Å². The van der Waals surface area contributed by atoms with Gasteiger partial charge in [-0.3, -0.25) is 0 Å². The van der Waals surface area contributed by atoms with Gasteiger partial charge in [0.1, 0.15) is 0 Å². The molecular weight excluding hydrogens is 228 g/mol. The van der Waals surface area contributed by atoms with Gasteiger partial charge >= 0.3 is 0 Å². The van der Waals surface area contributed by atoms with Crippen LogP contribution in [0.1, 0.15) is 0 Å². The first-order chi connectivity index (χ1) is 1.73. The number of hydrogen-bond acceptors (Lipinski definition) is 3. The number of rotatable bonds is 0. The molecule has 0 radical (unpaired) electrons. The minimum Gasteiger partial charge on any atom is -0.412 e. The SMILES string of the molecule is O.O.O.O.O.O.O=[N+]([O-])[O-].[Fe].[NH4+]. The number of nitrogens with zero attached hydrogens (tertiary/aromatic N) is 1. The minimum atomic E-state index is -1.75. The van der Waals surface area contributed by atoms with Crippen LogP contribution in [0.3, 0.4) is 0 Å². The Labute approximate surface area is 77.4 Å². The Morgan fingerprint density at radius 2 is 0.750 bits per heavy atom. The van der Waals surface area contributed by atoms with Crippen LogP contribution in [0.25, 0.3) is 0 Å². The largest absolute Gasteiger partial charge is 0.412 e. The maximum Gasteiger partial charge on any atom is 0.0689 e. The first-order valence-corrected chi connectivity index (χ1v) is 0.548. The molecule has 16 N–H and O–H groups in total. The van der Waals surface area contributed by atoms with Crippen LogP contribution in [0.5, 0.6) is 0 Å². The second kappa shape index (κ2) is 156. The fourth-order valence-corrected chi connectivity index (χ4v) is 0. The Morgan fingerprint density at radius 1 is 0.750 bits per heavy atom. The monoisotopic (exact) mass is 244 g/mol. The fourth-order valence-electron chi connectivity index (χ4n) is 0. The van der Waals surface area contributed by atoms with E-state index in [1.807, 2.05) is 0 Å². The van der Waals surface area contributed by atoms with Gasteiger partial charge in [-0.05, 0) is 0 Å². The van der Waals surface area contributed by atoms with Gasteiger partial charge < -0.3 is 54.3 Å². The summed E-state index contributed by atoms with van der Waals surface area (Å²) in [6, 6.07) is 0. The third-order valence-electron chi connectivity index (χ3n) is 0. The summed E-state index contributed by atoms with van der Waals surface area (Å²) in [7, 11) is 0.